The largest absolute Gasteiger partial charge is 0.478 e. The summed E-state index contributed by atoms with van der Waals surface area (Å²) in [6, 6.07) is 8.98. The number of hydrogen-bond donors (Lipinski definition) is 1. The number of aromatic nitrogens is 1. The number of fused-ring (bicyclic) bond motifs is 3. The topological polar surface area (TPSA) is 63.3 Å². The number of carbonyl (C=O) groups is 1. The molecule has 1 aromatic carbocycles. The molecule has 3 aromatic rings. The average molecular weight is 213 g/mol. The van der Waals surface area contributed by atoms with Crippen LogP contribution in [-0.4, -0.2) is 16.1 Å². The Bertz CT molecular complexity index is 700. The Morgan fingerprint density at radius 2 is 2.06 bits per heavy atom. The van der Waals surface area contributed by atoms with Crippen molar-refractivity contribution in [2.24, 2.45) is 0 Å². The summed E-state index contributed by atoms with van der Waals surface area (Å²) in [5, 5.41) is 9.74. The van der Waals surface area contributed by atoms with Crippen molar-refractivity contribution in [2.45, 2.75) is 0 Å². The lowest BCUT2D eigenvalue weighted by molar-refractivity contribution is 0.0696. The van der Waals surface area contributed by atoms with Gasteiger partial charge in [-0.2, -0.15) is 0 Å². The normalized spacial score (nSPS) is 11.0. The van der Waals surface area contributed by atoms with E-state index in [4.69, 9.17) is 9.52 Å². The molecule has 2 aromatic heterocycles. The highest BCUT2D eigenvalue weighted by molar-refractivity contribution is 6.03. The van der Waals surface area contributed by atoms with Crippen LogP contribution in [0.2, 0.25) is 0 Å². The maximum Gasteiger partial charge on any atom is 0.337 e. The van der Waals surface area contributed by atoms with Crippen molar-refractivity contribution < 1.29 is 14.3 Å². The van der Waals surface area contributed by atoms with Crippen LogP contribution in [0.25, 0.3) is 22.1 Å². The predicted octanol–water partition coefficient (Wildman–Crippen LogP) is 2.68. The van der Waals surface area contributed by atoms with Crippen LogP contribution in [0.15, 0.2) is 40.9 Å². The van der Waals surface area contributed by atoms with Crippen molar-refractivity contribution in [3.05, 3.63) is 42.1 Å². The van der Waals surface area contributed by atoms with E-state index in [9.17, 15) is 4.79 Å². The fraction of sp³-hybridized carbons (Fsp3) is 0. The van der Waals surface area contributed by atoms with E-state index in [1.165, 1.54) is 12.3 Å². The highest BCUT2D eigenvalue weighted by Gasteiger charge is 2.10. The van der Waals surface area contributed by atoms with E-state index in [0.717, 1.165) is 5.39 Å². The highest BCUT2D eigenvalue weighted by atomic mass is 16.4. The third kappa shape index (κ3) is 1.16. The molecule has 2 heterocycles. The zero-order chi connectivity index (χ0) is 11.1. The molecule has 0 saturated carbocycles. The van der Waals surface area contributed by atoms with E-state index >= 15 is 0 Å². The minimum absolute atomic E-state index is 0.131. The third-order valence-electron chi connectivity index (χ3n) is 2.46. The molecule has 0 radical (unpaired) electrons. The number of nitrogens with zero attached hydrogens (tertiary/aromatic N) is 1. The van der Waals surface area contributed by atoms with E-state index in [1.807, 2.05) is 24.3 Å². The van der Waals surface area contributed by atoms with E-state index < -0.39 is 5.97 Å². The van der Waals surface area contributed by atoms with E-state index in [-0.39, 0.29) is 5.56 Å². The second-order valence-electron chi connectivity index (χ2n) is 3.47. The molecule has 0 fully saturated rings. The zero-order valence-corrected chi connectivity index (χ0v) is 8.18. The highest BCUT2D eigenvalue weighted by Crippen LogP contribution is 2.26. The van der Waals surface area contributed by atoms with Gasteiger partial charge in [0.2, 0.25) is 0 Å². The van der Waals surface area contributed by atoms with Crippen molar-refractivity contribution in [1.82, 2.24) is 4.98 Å². The number of aromatic carboxylic acids is 1. The maximum absolute atomic E-state index is 10.8. The summed E-state index contributed by atoms with van der Waals surface area (Å²) in [5.74, 6) is -1.00. The molecule has 16 heavy (non-hydrogen) atoms. The first-order chi connectivity index (χ1) is 7.75. The molecule has 0 atom stereocenters. The van der Waals surface area contributed by atoms with Gasteiger partial charge in [-0.1, -0.05) is 12.1 Å². The van der Waals surface area contributed by atoms with Gasteiger partial charge in [-0.15, -0.1) is 0 Å². The first-order valence-corrected chi connectivity index (χ1v) is 4.76. The number of benzene rings is 1. The van der Waals surface area contributed by atoms with Gasteiger partial charge < -0.3 is 9.52 Å². The quantitative estimate of drug-likeness (QED) is 0.675. The Morgan fingerprint density at radius 3 is 2.88 bits per heavy atom. The van der Waals surface area contributed by atoms with Crippen LogP contribution < -0.4 is 0 Å². The standard InChI is InChI=1S/C12H7NO3/c14-12(15)7-5-10-11(13-6-7)8-3-1-2-4-9(8)16-10/h1-6H,(H,14,15). The molecule has 78 valence electrons. The number of rotatable bonds is 1. The van der Waals surface area contributed by atoms with Gasteiger partial charge in [-0.3, -0.25) is 4.98 Å². The Labute approximate surface area is 90.1 Å². The summed E-state index contributed by atoms with van der Waals surface area (Å²) in [6.07, 6.45) is 1.34. The van der Waals surface area contributed by atoms with Gasteiger partial charge in [0.15, 0.2) is 5.58 Å². The number of carboxylic acid groups (broad SMARTS) is 1. The van der Waals surface area contributed by atoms with Gasteiger partial charge in [0.1, 0.15) is 11.1 Å². The summed E-state index contributed by atoms with van der Waals surface area (Å²) >= 11 is 0. The summed E-state index contributed by atoms with van der Waals surface area (Å²) in [7, 11) is 0. The van der Waals surface area contributed by atoms with Crippen molar-refractivity contribution in [2.75, 3.05) is 0 Å². The van der Waals surface area contributed by atoms with Crippen molar-refractivity contribution in [1.29, 1.82) is 0 Å². The first-order valence-electron chi connectivity index (χ1n) is 4.76. The number of hydrogen-bond acceptors (Lipinski definition) is 3. The Hall–Kier alpha value is -2.36. The van der Waals surface area contributed by atoms with Crippen LogP contribution >= 0.6 is 0 Å². The summed E-state index contributed by atoms with van der Waals surface area (Å²) in [4.78, 5) is 14.9. The second kappa shape index (κ2) is 3.06. The van der Waals surface area contributed by atoms with Crippen LogP contribution in [0.5, 0.6) is 0 Å². The van der Waals surface area contributed by atoms with Gasteiger partial charge in [-0.05, 0) is 18.2 Å². The monoisotopic (exact) mass is 213 g/mol. The first kappa shape index (κ1) is 8.91. The number of pyridine rings is 1. The minimum Gasteiger partial charge on any atom is -0.478 e. The summed E-state index contributed by atoms with van der Waals surface area (Å²) in [5.41, 5.74) is 2.04. The zero-order valence-electron chi connectivity index (χ0n) is 8.18. The smallest absolute Gasteiger partial charge is 0.337 e. The molecule has 0 bridgehead atoms. The average Bonchev–Trinajstić information content (AvgIpc) is 2.66. The molecule has 0 unspecified atom stereocenters. The van der Waals surface area contributed by atoms with Gasteiger partial charge >= 0.3 is 5.97 Å². The second-order valence-corrected chi connectivity index (χ2v) is 3.47. The molecule has 3 rings (SSSR count). The SMILES string of the molecule is O=C(O)c1cnc2c(c1)oc1ccccc12. The molecule has 4 nitrogen and oxygen atoms in total. The molecule has 4 heteroatoms. The molecular weight excluding hydrogens is 206 g/mol. The Morgan fingerprint density at radius 1 is 1.25 bits per heavy atom. The van der Waals surface area contributed by atoms with Crippen LogP contribution in [0.3, 0.4) is 0 Å². The molecule has 0 amide bonds. The molecule has 0 aliphatic rings. The van der Waals surface area contributed by atoms with Crippen molar-refractivity contribution in [3.8, 4) is 0 Å². The van der Waals surface area contributed by atoms with E-state index in [2.05, 4.69) is 4.98 Å². The van der Waals surface area contributed by atoms with Crippen LogP contribution in [0, 0.1) is 0 Å². The lowest BCUT2D eigenvalue weighted by Crippen LogP contribution is -1.95. The molecule has 0 aliphatic heterocycles. The van der Waals surface area contributed by atoms with Crippen LogP contribution in [0.1, 0.15) is 10.4 Å². The van der Waals surface area contributed by atoms with Crippen molar-refractivity contribution >= 4 is 28.0 Å². The molecule has 0 spiro atoms. The number of furan rings is 1. The van der Waals surface area contributed by atoms with Gasteiger partial charge in [0.05, 0.1) is 5.56 Å². The van der Waals surface area contributed by atoms with E-state index in [1.54, 1.807) is 0 Å². The summed E-state index contributed by atoms with van der Waals surface area (Å²) < 4.78 is 5.52. The maximum atomic E-state index is 10.8. The minimum atomic E-state index is -1.00. The molecular formula is C12H7NO3. The predicted molar refractivity (Wildman–Crippen MR) is 58.5 cm³/mol. The molecule has 1 N–H and O–H groups in total. The van der Waals surface area contributed by atoms with Gasteiger partial charge in [-0.25, -0.2) is 4.79 Å². The Balaban J connectivity index is 2.41. The molecule has 0 aliphatic carbocycles. The molecule has 0 saturated heterocycles. The van der Waals surface area contributed by atoms with Gasteiger partial charge in [0.25, 0.3) is 0 Å². The van der Waals surface area contributed by atoms with Crippen LogP contribution in [-0.2, 0) is 0 Å². The number of para-hydroxylation sites is 1. The lowest BCUT2D eigenvalue weighted by atomic mass is 10.2. The van der Waals surface area contributed by atoms with E-state index in [0.29, 0.717) is 16.7 Å². The van der Waals surface area contributed by atoms with Gasteiger partial charge in [0, 0.05) is 11.6 Å². The van der Waals surface area contributed by atoms with Crippen LogP contribution in [0.4, 0.5) is 0 Å². The van der Waals surface area contributed by atoms with Crippen molar-refractivity contribution in [3.63, 3.8) is 0 Å². The Kier molecular flexibility index (Phi) is 1.71. The summed E-state index contributed by atoms with van der Waals surface area (Å²) in [6.45, 7) is 0. The fourth-order valence-corrected chi connectivity index (χ4v) is 1.71. The fourth-order valence-electron chi connectivity index (χ4n) is 1.71. The number of carboxylic acids is 1. The third-order valence-corrected chi connectivity index (χ3v) is 2.46. The lowest BCUT2D eigenvalue weighted by Gasteiger charge is -1.92.